The second kappa shape index (κ2) is 7.75. The Balaban J connectivity index is 1.89. The number of carbonyl (C=O) groups excluding carboxylic acids is 2. The number of amides is 2. The summed E-state index contributed by atoms with van der Waals surface area (Å²) in [5, 5.41) is 5.60. The summed E-state index contributed by atoms with van der Waals surface area (Å²) in [6.45, 7) is 0.726. The smallest absolute Gasteiger partial charge is 0.253 e. The van der Waals surface area contributed by atoms with E-state index in [1.54, 1.807) is 31.4 Å². The van der Waals surface area contributed by atoms with Crippen LogP contribution in [0.5, 0.6) is 0 Å². The Kier molecular flexibility index (Phi) is 5.71. The molecule has 0 unspecified atom stereocenters. The highest BCUT2D eigenvalue weighted by Gasteiger charge is 2.24. The van der Waals surface area contributed by atoms with Gasteiger partial charge in [0.05, 0.1) is 24.5 Å². The van der Waals surface area contributed by atoms with Gasteiger partial charge in [-0.2, -0.15) is 0 Å². The van der Waals surface area contributed by atoms with Crippen molar-refractivity contribution >= 4 is 17.5 Å². The van der Waals surface area contributed by atoms with E-state index in [-0.39, 0.29) is 24.5 Å². The maximum absolute atomic E-state index is 12.1. The van der Waals surface area contributed by atoms with E-state index in [1.807, 2.05) is 0 Å². The Morgan fingerprint density at radius 1 is 1.24 bits per heavy atom. The molecule has 1 aliphatic rings. The summed E-state index contributed by atoms with van der Waals surface area (Å²) < 4.78 is 9.97. The van der Waals surface area contributed by atoms with E-state index >= 15 is 0 Å². The van der Waals surface area contributed by atoms with Crippen molar-refractivity contribution in [2.75, 3.05) is 32.2 Å². The van der Waals surface area contributed by atoms with Crippen LogP contribution in [0.1, 0.15) is 23.2 Å². The first-order chi connectivity index (χ1) is 10.2. The monoisotopic (exact) mass is 292 g/mol. The maximum atomic E-state index is 12.1. The van der Waals surface area contributed by atoms with Gasteiger partial charge in [0.2, 0.25) is 5.91 Å². The van der Waals surface area contributed by atoms with Crippen molar-refractivity contribution in [3.05, 3.63) is 29.8 Å². The Morgan fingerprint density at radius 3 is 2.71 bits per heavy atom. The van der Waals surface area contributed by atoms with Crippen molar-refractivity contribution in [1.29, 1.82) is 0 Å². The normalized spacial score (nSPS) is 13.8. The van der Waals surface area contributed by atoms with E-state index < -0.39 is 0 Å². The minimum atomic E-state index is -0.294. The Bertz CT molecular complexity index is 500. The molecule has 0 aliphatic heterocycles. The molecule has 0 bridgehead atoms. The van der Waals surface area contributed by atoms with Crippen molar-refractivity contribution in [3.63, 3.8) is 0 Å². The van der Waals surface area contributed by atoms with Crippen LogP contribution in [0.15, 0.2) is 24.3 Å². The summed E-state index contributed by atoms with van der Waals surface area (Å²) in [5.74, 6) is -0.452. The van der Waals surface area contributed by atoms with Gasteiger partial charge in [-0.15, -0.1) is 0 Å². The van der Waals surface area contributed by atoms with Gasteiger partial charge in [-0.1, -0.05) is 12.1 Å². The quantitative estimate of drug-likeness (QED) is 0.705. The summed E-state index contributed by atoms with van der Waals surface area (Å²) in [6, 6.07) is 7.22. The molecule has 1 aromatic carbocycles. The van der Waals surface area contributed by atoms with Crippen LogP contribution < -0.4 is 10.6 Å². The largest absolute Gasteiger partial charge is 0.382 e. The predicted molar refractivity (Wildman–Crippen MR) is 78.3 cm³/mol. The third kappa shape index (κ3) is 5.17. The number of hydrogen-bond acceptors (Lipinski definition) is 4. The van der Waals surface area contributed by atoms with E-state index in [0.29, 0.717) is 24.5 Å². The third-order valence-corrected chi connectivity index (χ3v) is 3.02. The molecule has 0 aromatic heterocycles. The van der Waals surface area contributed by atoms with E-state index in [0.717, 1.165) is 12.8 Å². The van der Waals surface area contributed by atoms with Gasteiger partial charge in [-0.3, -0.25) is 9.59 Å². The summed E-state index contributed by atoms with van der Waals surface area (Å²) >= 11 is 0. The molecule has 6 heteroatoms. The Morgan fingerprint density at radius 2 is 2.00 bits per heavy atom. The minimum Gasteiger partial charge on any atom is -0.382 e. The molecule has 6 nitrogen and oxygen atoms in total. The lowest BCUT2D eigenvalue weighted by Crippen LogP contribution is -2.27. The van der Waals surface area contributed by atoms with Crippen LogP contribution in [0.25, 0.3) is 0 Å². The summed E-state index contributed by atoms with van der Waals surface area (Å²) in [5.41, 5.74) is 0.964. The van der Waals surface area contributed by atoms with Crippen LogP contribution in [0, 0.1) is 0 Å². The number of rotatable bonds is 8. The molecule has 0 atom stereocenters. The number of carbonyl (C=O) groups is 2. The van der Waals surface area contributed by atoms with Gasteiger partial charge in [0, 0.05) is 13.2 Å². The van der Waals surface area contributed by atoms with Crippen LogP contribution in [0.2, 0.25) is 0 Å². The highest BCUT2D eigenvalue weighted by atomic mass is 16.5. The zero-order valence-corrected chi connectivity index (χ0v) is 12.1. The number of methoxy groups -OCH3 is 1. The molecule has 2 rings (SSSR count). The summed E-state index contributed by atoms with van der Waals surface area (Å²) in [6.07, 6.45) is 2.04. The molecule has 1 aromatic rings. The molecule has 2 amide bonds. The average Bonchev–Trinajstić information content (AvgIpc) is 3.28. The molecule has 0 spiro atoms. The van der Waals surface area contributed by atoms with E-state index in [1.165, 1.54) is 0 Å². The molecule has 21 heavy (non-hydrogen) atoms. The first-order valence-corrected chi connectivity index (χ1v) is 6.97. The van der Waals surface area contributed by atoms with Gasteiger partial charge < -0.3 is 20.1 Å². The van der Waals surface area contributed by atoms with Gasteiger partial charge in [0.25, 0.3) is 5.91 Å². The lowest BCUT2D eigenvalue weighted by Gasteiger charge is -2.11. The number of ether oxygens (including phenoxy) is 2. The van der Waals surface area contributed by atoms with Crippen LogP contribution >= 0.6 is 0 Å². The Labute approximate surface area is 123 Å². The fourth-order valence-electron chi connectivity index (χ4n) is 1.77. The number of para-hydroxylation sites is 1. The standard InChI is InChI=1S/C15H20N2O4/c1-20-8-9-21-10-14(18)17-13-5-3-2-4-12(13)15(19)16-11-6-7-11/h2-5,11H,6-10H2,1H3,(H,16,19)(H,17,18). The molecule has 1 fully saturated rings. The second-order valence-corrected chi connectivity index (χ2v) is 4.89. The number of benzene rings is 1. The van der Waals surface area contributed by atoms with Gasteiger partial charge in [0.15, 0.2) is 0 Å². The maximum Gasteiger partial charge on any atom is 0.253 e. The highest BCUT2D eigenvalue weighted by molar-refractivity contribution is 6.04. The van der Waals surface area contributed by atoms with Gasteiger partial charge in [-0.25, -0.2) is 0 Å². The highest BCUT2D eigenvalue weighted by Crippen LogP contribution is 2.21. The molecule has 2 N–H and O–H groups in total. The van der Waals surface area contributed by atoms with Crippen molar-refractivity contribution < 1.29 is 19.1 Å². The third-order valence-electron chi connectivity index (χ3n) is 3.02. The zero-order chi connectivity index (χ0) is 15.1. The zero-order valence-electron chi connectivity index (χ0n) is 12.1. The van der Waals surface area contributed by atoms with Crippen molar-refractivity contribution in [2.45, 2.75) is 18.9 Å². The second-order valence-electron chi connectivity index (χ2n) is 4.89. The number of nitrogens with one attached hydrogen (secondary N) is 2. The van der Waals surface area contributed by atoms with Gasteiger partial charge in [-0.05, 0) is 25.0 Å². The van der Waals surface area contributed by atoms with Gasteiger partial charge >= 0.3 is 0 Å². The minimum absolute atomic E-state index is 0.0675. The topological polar surface area (TPSA) is 76.7 Å². The van der Waals surface area contributed by atoms with Crippen molar-refractivity contribution in [2.24, 2.45) is 0 Å². The molecule has 0 saturated heterocycles. The van der Waals surface area contributed by atoms with E-state index in [4.69, 9.17) is 9.47 Å². The van der Waals surface area contributed by atoms with Crippen molar-refractivity contribution in [3.8, 4) is 0 Å². The average molecular weight is 292 g/mol. The number of anilines is 1. The molecule has 114 valence electrons. The summed E-state index contributed by atoms with van der Waals surface area (Å²) in [4.78, 5) is 23.9. The lowest BCUT2D eigenvalue weighted by atomic mass is 10.1. The van der Waals surface area contributed by atoms with Crippen LogP contribution in [-0.4, -0.2) is 44.8 Å². The molecule has 1 aliphatic carbocycles. The van der Waals surface area contributed by atoms with E-state index in [2.05, 4.69) is 10.6 Å². The molecule has 0 radical (unpaired) electrons. The fraction of sp³-hybridized carbons (Fsp3) is 0.467. The Hall–Kier alpha value is -1.92. The molecular formula is C15H20N2O4. The molecule has 1 saturated carbocycles. The number of hydrogen-bond donors (Lipinski definition) is 2. The first-order valence-electron chi connectivity index (χ1n) is 6.97. The molecular weight excluding hydrogens is 272 g/mol. The summed E-state index contributed by atoms with van der Waals surface area (Å²) in [7, 11) is 1.57. The van der Waals surface area contributed by atoms with Crippen molar-refractivity contribution in [1.82, 2.24) is 5.32 Å². The molecule has 0 heterocycles. The first kappa shape index (κ1) is 15.5. The van der Waals surface area contributed by atoms with Crippen LogP contribution in [-0.2, 0) is 14.3 Å². The van der Waals surface area contributed by atoms with Gasteiger partial charge in [0.1, 0.15) is 6.61 Å². The van der Waals surface area contributed by atoms with Crippen LogP contribution in [0.3, 0.4) is 0 Å². The fourth-order valence-corrected chi connectivity index (χ4v) is 1.77. The van der Waals surface area contributed by atoms with E-state index in [9.17, 15) is 9.59 Å². The lowest BCUT2D eigenvalue weighted by molar-refractivity contribution is -0.121. The van der Waals surface area contributed by atoms with Crippen LogP contribution in [0.4, 0.5) is 5.69 Å². The SMILES string of the molecule is COCCOCC(=O)Nc1ccccc1C(=O)NC1CC1. The predicted octanol–water partition coefficient (Wildman–Crippen LogP) is 1.18.